The fraction of sp³-hybridized carbons (Fsp3) is 0.545. The van der Waals surface area contributed by atoms with E-state index in [-0.39, 0.29) is 12.6 Å². The number of hydrogen-bond acceptors (Lipinski definition) is 6. The Morgan fingerprint density at radius 3 is 3.00 bits per heavy atom. The Morgan fingerprint density at radius 2 is 2.33 bits per heavy atom. The van der Waals surface area contributed by atoms with Gasteiger partial charge in [-0.05, 0) is 6.92 Å². The van der Waals surface area contributed by atoms with E-state index in [0.717, 1.165) is 5.56 Å². The lowest BCUT2D eigenvalue weighted by Gasteiger charge is -2.18. The van der Waals surface area contributed by atoms with E-state index >= 15 is 0 Å². The summed E-state index contributed by atoms with van der Waals surface area (Å²) in [6.07, 6.45) is 1.37. The van der Waals surface area contributed by atoms with Crippen molar-refractivity contribution in [2.24, 2.45) is 5.92 Å². The molecule has 7 nitrogen and oxygen atoms in total. The number of nitrogens with one attached hydrogen (secondary N) is 1. The average molecular weight is 253 g/mol. The molecule has 7 heteroatoms. The minimum absolute atomic E-state index is 0.217. The van der Waals surface area contributed by atoms with Crippen LogP contribution in [0.25, 0.3) is 0 Å². The van der Waals surface area contributed by atoms with Crippen molar-refractivity contribution in [1.82, 2.24) is 9.97 Å². The highest BCUT2D eigenvalue weighted by Gasteiger charge is 2.34. The molecule has 98 valence electrons. The zero-order chi connectivity index (χ0) is 13.1. The summed E-state index contributed by atoms with van der Waals surface area (Å²) in [7, 11) is 1.53. The quantitative estimate of drug-likeness (QED) is 0.797. The number of carboxylic acid groups (broad SMARTS) is 1. The van der Waals surface area contributed by atoms with E-state index in [1.54, 1.807) is 0 Å². The van der Waals surface area contributed by atoms with Gasteiger partial charge < -0.3 is 19.9 Å². The van der Waals surface area contributed by atoms with Crippen LogP contribution in [-0.2, 0) is 9.53 Å². The van der Waals surface area contributed by atoms with Crippen molar-refractivity contribution >= 4 is 11.8 Å². The Bertz CT molecular complexity index is 452. The third-order valence-corrected chi connectivity index (χ3v) is 2.95. The van der Waals surface area contributed by atoms with Gasteiger partial charge in [0.15, 0.2) is 0 Å². The van der Waals surface area contributed by atoms with Crippen LogP contribution in [0.15, 0.2) is 6.33 Å². The Hall–Kier alpha value is -1.89. The smallest absolute Gasteiger partial charge is 0.311 e. The minimum atomic E-state index is -0.872. The van der Waals surface area contributed by atoms with Crippen molar-refractivity contribution < 1.29 is 19.4 Å². The van der Waals surface area contributed by atoms with Crippen LogP contribution < -0.4 is 10.1 Å². The number of aromatic nitrogens is 2. The van der Waals surface area contributed by atoms with Crippen LogP contribution in [0.5, 0.6) is 5.88 Å². The highest BCUT2D eigenvalue weighted by molar-refractivity contribution is 5.72. The standard InChI is InChI=1S/C11H15N3O4/c1-6-9(12-5-13-10(6)17-2)14-8-4-18-3-7(8)11(15)16/h5,7-8H,3-4H2,1-2H3,(H,15,16)(H,12,13,14). The summed E-state index contributed by atoms with van der Waals surface area (Å²) in [4.78, 5) is 19.1. The molecule has 18 heavy (non-hydrogen) atoms. The Labute approximate surface area is 104 Å². The SMILES string of the molecule is COc1ncnc(NC2COCC2C(=O)O)c1C. The highest BCUT2D eigenvalue weighted by atomic mass is 16.5. The van der Waals surface area contributed by atoms with Gasteiger partial charge >= 0.3 is 5.97 Å². The van der Waals surface area contributed by atoms with Crippen molar-refractivity contribution in [2.75, 3.05) is 25.6 Å². The number of methoxy groups -OCH3 is 1. The molecule has 0 radical (unpaired) electrons. The first-order valence-electron chi connectivity index (χ1n) is 5.56. The number of aliphatic carboxylic acids is 1. The molecule has 2 atom stereocenters. The van der Waals surface area contributed by atoms with E-state index in [0.29, 0.717) is 18.3 Å². The summed E-state index contributed by atoms with van der Waals surface area (Å²) in [5.74, 6) is -0.393. The molecule has 0 aliphatic carbocycles. The number of carboxylic acids is 1. The first kappa shape index (κ1) is 12.6. The fourth-order valence-corrected chi connectivity index (χ4v) is 1.90. The third-order valence-electron chi connectivity index (χ3n) is 2.95. The monoisotopic (exact) mass is 253 g/mol. The van der Waals surface area contributed by atoms with Crippen molar-refractivity contribution in [3.8, 4) is 5.88 Å². The van der Waals surface area contributed by atoms with Gasteiger partial charge in [-0.15, -0.1) is 0 Å². The van der Waals surface area contributed by atoms with Crippen LogP contribution in [0.2, 0.25) is 0 Å². The average Bonchev–Trinajstić information content (AvgIpc) is 2.80. The summed E-state index contributed by atoms with van der Waals surface area (Å²) in [6.45, 7) is 2.38. The van der Waals surface area contributed by atoms with Gasteiger partial charge in [0, 0.05) is 0 Å². The molecule has 2 heterocycles. The zero-order valence-corrected chi connectivity index (χ0v) is 10.2. The van der Waals surface area contributed by atoms with E-state index < -0.39 is 11.9 Å². The second-order valence-corrected chi connectivity index (χ2v) is 4.09. The topological polar surface area (TPSA) is 93.6 Å². The van der Waals surface area contributed by atoms with Gasteiger partial charge in [0.05, 0.1) is 31.9 Å². The molecule has 1 fully saturated rings. The summed E-state index contributed by atoms with van der Waals surface area (Å²) < 4.78 is 10.3. The largest absolute Gasteiger partial charge is 0.481 e. The molecule has 0 spiro atoms. The Morgan fingerprint density at radius 1 is 1.56 bits per heavy atom. The summed E-state index contributed by atoms with van der Waals surface area (Å²) in [6, 6.07) is -0.291. The number of anilines is 1. The van der Waals surface area contributed by atoms with Crippen molar-refractivity contribution in [3.63, 3.8) is 0 Å². The molecule has 2 N–H and O–H groups in total. The summed E-state index contributed by atoms with van der Waals surface area (Å²) >= 11 is 0. The minimum Gasteiger partial charge on any atom is -0.481 e. The molecule has 1 aromatic rings. The normalized spacial score (nSPS) is 22.8. The second-order valence-electron chi connectivity index (χ2n) is 4.09. The predicted octanol–water partition coefficient (Wildman–Crippen LogP) is 0.305. The maximum absolute atomic E-state index is 11.0. The maximum Gasteiger partial charge on any atom is 0.311 e. The van der Waals surface area contributed by atoms with Gasteiger partial charge in [0.1, 0.15) is 18.1 Å². The molecular formula is C11H15N3O4. The zero-order valence-electron chi connectivity index (χ0n) is 10.2. The number of carbonyl (C=O) groups is 1. The molecule has 0 bridgehead atoms. The highest BCUT2D eigenvalue weighted by Crippen LogP contribution is 2.24. The first-order chi connectivity index (χ1) is 8.63. The van der Waals surface area contributed by atoms with Crippen LogP contribution in [0, 0.1) is 12.8 Å². The summed E-state index contributed by atoms with van der Waals surface area (Å²) in [5, 5.41) is 12.1. The van der Waals surface area contributed by atoms with Crippen LogP contribution in [0.3, 0.4) is 0 Å². The lowest BCUT2D eigenvalue weighted by atomic mass is 10.0. The van der Waals surface area contributed by atoms with Crippen molar-refractivity contribution in [2.45, 2.75) is 13.0 Å². The molecule has 0 amide bonds. The van der Waals surface area contributed by atoms with Crippen LogP contribution >= 0.6 is 0 Å². The maximum atomic E-state index is 11.0. The van der Waals surface area contributed by atoms with Gasteiger partial charge in [-0.25, -0.2) is 9.97 Å². The lowest BCUT2D eigenvalue weighted by Crippen LogP contribution is -2.33. The van der Waals surface area contributed by atoms with Crippen LogP contribution in [0.4, 0.5) is 5.82 Å². The molecule has 2 rings (SSSR count). The van der Waals surface area contributed by atoms with Gasteiger partial charge in [-0.1, -0.05) is 0 Å². The third kappa shape index (κ3) is 2.35. The van der Waals surface area contributed by atoms with Crippen LogP contribution in [-0.4, -0.2) is 47.4 Å². The van der Waals surface area contributed by atoms with Gasteiger partial charge in [-0.2, -0.15) is 0 Å². The van der Waals surface area contributed by atoms with E-state index in [2.05, 4.69) is 15.3 Å². The Kier molecular flexibility index (Phi) is 3.61. The number of hydrogen-bond donors (Lipinski definition) is 2. The van der Waals surface area contributed by atoms with Crippen LogP contribution in [0.1, 0.15) is 5.56 Å². The first-order valence-corrected chi connectivity index (χ1v) is 5.56. The molecule has 1 aliphatic heterocycles. The molecule has 1 aliphatic rings. The lowest BCUT2D eigenvalue weighted by molar-refractivity contribution is -0.141. The molecule has 1 saturated heterocycles. The van der Waals surface area contributed by atoms with E-state index in [1.807, 2.05) is 6.92 Å². The molecule has 0 saturated carbocycles. The van der Waals surface area contributed by atoms with Crippen molar-refractivity contribution in [1.29, 1.82) is 0 Å². The van der Waals surface area contributed by atoms with Gasteiger partial charge in [0.25, 0.3) is 0 Å². The van der Waals surface area contributed by atoms with E-state index in [4.69, 9.17) is 14.6 Å². The molecular weight excluding hydrogens is 238 g/mol. The van der Waals surface area contributed by atoms with Gasteiger partial charge in [-0.3, -0.25) is 4.79 Å². The molecule has 0 aromatic carbocycles. The van der Waals surface area contributed by atoms with Gasteiger partial charge in [0.2, 0.25) is 5.88 Å². The second kappa shape index (κ2) is 5.18. The molecule has 1 aromatic heterocycles. The molecule has 2 unspecified atom stereocenters. The number of ether oxygens (including phenoxy) is 2. The van der Waals surface area contributed by atoms with E-state index in [1.165, 1.54) is 13.4 Å². The number of rotatable bonds is 4. The fourth-order valence-electron chi connectivity index (χ4n) is 1.90. The van der Waals surface area contributed by atoms with E-state index in [9.17, 15) is 4.79 Å². The van der Waals surface area contributed by atoms with Crippen molar-refractivity contribution in [3.05, 3.63) is 11.9 Å². The Balaban J connectivity index is 2.16. The predicted molar refractivity (Wildman–Crippen MR) is 62.7 cm³/mol. The summed E-state index contributed by atoms with van der Waals surface area (Å²) in [5.41, 5.74) is 0.746. The number of nitrogens with zero attached hydrogens (tertiary/aromatic N) is 2.